The van der Waals surface area contributed by atoms with E-state index >= 15 is 0 Å². The fourth-order valence-corrected chi connectivity index (χ4v) is 3.53. The molecule has 0 spiro atoms. The van der Waals surface area contributed by atoms with Gasteiger partial charge in [-0.15, -0.1) is 0 Å². The van der Waals surface area contributed by atoms with E-state index < -0.39 is 5.97 Å². The van der Waals surface area contributed by atoms with Crippen LogP contribution in [0.2, 0.25) is 0 Å². The molecule has 5 heteroatoms. The number of carbonyl (C=O) groups is 1. The minimum absolute atomic E-state index is 0.00235. The summed E-state index contributed by atoms with van der Waals surface area (Å²) in [4.78, 5) is 13.4. The van der Waals surface area contributed by atoms with E-state index in [-0.39, 0.29) is 6.42 Å². The highest BCUT2D eigenvalue weighted by Gasteiger charge is 2.19. The van der Waals surface area contributed by atoms with Crippen LogP contribution >= 0.6 is 0 Å². The first-order valence-corrected chi connectivity index (χ1v) is 10.1. The zero-order valence-corrected chi connectivity index (χ0v) is 17.2. The molecule has 3 rings (SSSR count). The molecule has 0 fully saturated rings. The third-order valence-electron chi connectivity index (χ3n) is 5.06. The van der Waals surface area contributed by atoms with Crippen LogP contribution in [0.15, 0.2) is 48.5 Å². The molecule has 1 heterocycles. The summed E-state index contributed by atoms with van der Waals surface area (Å²) in [5.41, 5.74) is 5.14. The number of aliphatic carboxylic acids is 1. The lowest BCUT2D eigenvalue weighted by molar-refractivity contribution is -0.136. The van der Waals surface area contributed by atoms with E-state index in [0.29, 0.717) is 6.61 Å². The Hall–Kier alpha value is -2.63. The molecule has 0 radical (unpaired) electrons. The van der Waals surface area contributed by atoms with Gasteiger partial charge in [0.1, 0.15) is 12.4 Å². The van der Waals surface area contributed by atoms with Gasteiger partial charge in [0.15, 0.2) is 0 Å². The third kappa shape index (κ3) is 5.68. The molecular formula is C24H29NO4. The van der Waals surface area contributed by atoms with Crippen LogP contribution in [0.1, 0.15) is 35.6 Å². The largest absolute Gasteiger partial charge is 0.488 e. The smallest absolute Gasteiger partial charge is 0.307 e. The van der Waals surface area contributed by atoms with Gasteiger partial charge in [-0.05, 0) is 54.8 Å². The van der Waals surface area contributed by atoms with Crippen LogP contribution in [0.5, 0.6) is 5.75 Å². The summed E-state index contributed by atoms with van der Waals surface area (Å²) < 4.78 is 11.5. The minimum atomic E-state index is -0.832. The molecule has 0 saturated heterocycles. The van der Waals surface area contributed by atoms with E-state index in [1.54, 1.807) is 0 Å². The molecule has 0 saturated carbocycles. The normalized spacial score (nSPS) is 14.2. The summed E-state index contributed by atoms with van der Waals surface area (Å²) in [5, 5.41) is 9.18. The maximum absolute atomic E-state index is 11.2. The van der Waals surface area contributed by atoms with Crippen LogP contribution in [-0.2, 0) is 22.6 Å². The van der Waals surface area contributed by atoms with Gasteiger partial charge in [0.05, 0.1) is 13.0 Å². The molecule has 5 nitrogen and oxygen atoms in total. The molecule has 154 valence electrons. The van der Waals surface area contributed by atoms with Crippen molar-refractivity contribution in [2.75, 3.05) is 33.4 Å². The quantitative estimate of drug-likeness (QED) is 0.651. The molecule has 0 bridgehead atoms. The fourth-order valence-electron chi connectivity index (χ4n) is 3.53. The van der Waals surface area contributed by atoms with Crippen LogP contribution in [0, 0.1) is 0 Å². The lowest BCUT2D eigenvalue weighted by Crippen LogP contribution is -2.24. The summed E-state index contributed by atoms with van der Waals surface area (Å²) >= 11 is 0. The molecule has 0 aliphatic carbocycles. The fraction of sp³-hybridized carbons (Fsp3) is 0.375. The number of ether oxygens (including phenoxy) is 2. The maximum Gasteiger partial charge on any atom is 0.307 e. The molecule has 2 aromatic carbocycles. The third-order valence-corrected chi connectivity index (χ3v) is 5.06. The van der Waals surface area contributed by atoms with Crippen LogP contribution < -0.4 is 4.74 Å². The van der Waals surface area contributed by atoms with Gasteiger partial charge in [0.25, 0.3) is 0 Å². The molecule has 0 amide bonds. The number of hydrogen-bond donors (Lipinski definition) is 1. The Morgan fingerprint density at radius 1 is 1.21 bits per heavy atom. The van der Waals surface area contributed by atoms with Crippen molar-refractivity contribution in [3.05, 3.63) is 70.8 Å². The van der Waals surface area contributed by atoms with E-state index in [9.17, 15) is 9.90 Å². The number of rotatable bonds is 9. The van der Waals surface area contributed by atoms with Crippen molar-refractivity contribution in [2.24, 2.45) is 0 Å². The molecule has 1 aliphatic rings. The minimum Gasteiger partial charge on any atom is -0.488 e. The van der Waals surface area contributed by atoms with E-state index in [1.807, 2.05) is 37.3 Å². The summed E-state index contributed by atoms with van der Waals surface area (Å²) in [6.45, 7) is 5.81. The Morgan fingerprint density at radius 2 is 2.03 bits per heavy atom. The van der Waals surface area contributed by atoms with E-state index in [0.717, 1.165) is 66.3 Å². The van der Waals surface area contributed by atoms with E-state index in [4.69, 9.17) is 9.47 Å². The predicted octanol–water partition coefficient (Wildman–Crippen LogP) is 4.00. The zero-order chi connectivity index (χ0) is 20.6. The highest BCUT2D eigenvalue weighted by molar-refractivity contribution is 5.85. The van der Waals surface area contributed by atoms with Gasteiger partial charge in [0.2, 0.25) is 0 Å². The first-order valence-electron chi connectivity index (χ1n) is 10.1. The standard InChI is InChI=1S/C24H29NO4/c1-3-28-14-13-25(2)12-6-9-21-20-8-5-4-7-19(20)17-29-23-11-10-18(15-22(21)23)16-24(26)27/h4-5,7-11,15H,3,6,12-14,16-17H2,1-2H3,(H,26,27)/b21-9-. The molecule has 29 heavy (non-hydrogen) atoms. The Morgan fingerprint density at radius 3 is 2.83 bits per heavy atom. The molecule has 0 aromatic heterocycles. The van der Waals surface area contributed by atoms with Crippen molar-refractivity contribution >= 4 is 11.5 Å². The van der Waals surface area contributed by atoms with Gasteiger partial charge in [-0.25, -0.2) is 0 Å². The topological polar surface area (TPSA) is 59.0 Å². The first kappa shape index (κ1) is 21.1. The second-order valence-corrected chi connectivity index (χ2v) is 7.25. The maximum atomic E-state index is 11.2. The van der Waals surface area contributed by atoms with Crippen molar-refractivity contribution in [3.8, 4) is 5.75 Å². The van der Waals surface area contributed by atoms with Gasteiger partial charge < -0.3 is 19.5 Å². The Bertz CT molecular complexity index is 875. The summed E-state index contributed by atoms with van der Waals surface area (Å²) in [6, 6.07) is 13.9. The number of benzene rings is 2. The van der Waals surface area contributed by atoms with Crippen LogP contribution in [0.25, 0.3) is 5.57 Å². The Labute approximate surface area is 172 Å². The average Bonchev–Trinajstić information content (AvgIpc) is 2.85. The van der Waals surface area contributed by atoms with E-state index in [2.05, 4.69) is 30.2 Å². The van der Waals surface area contributed by atoms with Gasteiger partial charge in [-0.2, -0.15) is 0 Å². The summed E-state index contributed by atoms with van der Waals surface area (Å²) in [7, 11) is 2.10. The van der Waals surface area contributed by atoms with Gasteiger partial charge in [0, 0.05) is 25.3 Å². The van der Waals surface area contributed by atoms with Crippen molar-refractivity contribution in [1.82, 2.24) is 4.90 Å². The average molecular weight is 395 g/mol. The number of likely N-dealkylation sites (N-methyl/N-ethyl adjacent to an activating group) is 1. The van der Waals surface area contributed by atoms with Crippen molar-refractivity contribution in [1.29, 1.82) is 0 Å². The number of fused-ring (bicyclic) bond motifs is 2. The van der Waals surface area contributed by atoms with E-state index in [1.165, 1.54) is 0 Å². The molecular weight excluding hydrogens is 366 g/mol. The SMILES string of the molecule is CCOCCN(C)CC/C=C1/c2ccccc2COc2ccc(CC(=O)O)cc21. The van der Waals surface area contributed by atoms with Gasteiger partial charge >= 0.3 is 5.97 Å². The first-order chi connectivity index (χ1) is 14.1. The van der Waals surface area contributed by atoms with Crippen LogP contribution in [-0.4, -0.2) is 49.3 Å². The number of hydrogen-bond acceptors (Lipinski definition) is 4. The molecule has 2 aromatic rings. The Balaban J connectivity index is 1.88. The Kier molecular flexibility index (Phi) is 7.44. The molecule has 1 N–H and O–H groups in total. The number of carboxylic acid groups (broad SMARTS) is 1. The molecule has 0 atom stereocenters. The predicted molar refractivity (Wildman–Crippen MR) is 114 cm³/mol. The summed E-state index contributed by atoms with van der Waals surface area (Å²) in [6.07, 6.45) is 3.13. The highest BCUT2D eigenvalue weighted by atomic mass is 16.5. The zero-order valence-electron chi connectivity index (χ0n) is 17.2. The van der Waals surface area contributed by atoms with Gasteiger partial charge in [-0.1, -0.05) is 36.4 Å². The molecule has 1 aliphatic heterocycles. The highest BCUT2D eigenvalue weighted by Crippen LogP contribution is 2.37. The van der Waals surface area contributed by atoms with Crippen LogP contribution in [0.3, 0.4) is 0 Å². The second-order valence-electron chi connectivity index (χ2n) is 7.25. The molecule has 0 unspecified atom stereocenters. The van der Waals surface area contributed by atoms with Crippen molar-refractivity contribution in [2.45, 2.75) is 26.4 Å². The number of carboxylic acids is 1. The lowest BCUT2D eigenvalue weighted by Gasteiger charge is -2.16. The lowest BCUT2D eigenvalue weighted by atomic mass is 9.92. The van der Waals surface area contributed by atoms with Crippen molar-refractivity contribution < 1.29 is 19.4 Å². The second kappa shape index (κ2) is 10.2. The van der Waals surface area contributed by atoms with Crippen LogP contribution in [0.4, 0.5) is 0 Å². The van der Waals surface area contributed by atoms with Gasteiger partial charge in [-0.3, -0.25) is 4.79 Å². The summed E-state index contributed by atoms with van der Waals surface area (Å²) in [5.74, 6) is -0.0346. The number of nitrogens with zero attached hydrogens (tertiary/aromatic N) is 1. The van der Waals surface area contributed by atoms with Crippen molar-refractivity contribution in [3.63, 3.8) is 0 Å². The monoisotopic (exact) mass is 395 g/mol.